The van der Waals surface area contributed by atoms with Crippen molar-refractivity contribution in [3.8, 4) is 0 Å². The van der Waals surface area contributed by atoms with Crippen LogP contribution in [-0.2, 0) is 10.0 Å². The molecule has 7 heteroatoms. The summed E-state index contributed by atoms with van der Waals surface area (Å²) in [5, 5.41) is 0. The molecule has 1 aromatic heterocycles. The van der Waals surface area contributed by atoms with Crippen molar-refractivity contribution in [2.75, 3.05) is 37.3 Å². The molecule has 3 rings (SSSR count). The van der Waals surface area contributed by atoms with Crippen LogP contribution in [0.15, 0.2) is 18.5 Å². The molecular weight excluding hydrogens is 252 g/mol. The first-order chi connectivity index (χ1) is 8.54. The van der Waals surface area contributed by atoms with Gasteiger partial charge < -0.3 is 4.90 Å². The fourth-order valence-electron chi connectivity index (χ4n) is 2.84. The van der Waals surface area contributed by atoms with Gasteiger partial charge in [0.25, 0.3) is 0 Å². The lowest BCUT2D eigenvalue weighted by Crippen LogP contribution is -2.33. The molecule has 18 heavy (non-hydrogen) atoms. The lowest BCUT2D eigenvalue weighted by atomic mass is 10.0. The summed E-state index contributed by atoms with van der Waals surface area (Å²) in [5.74, 6) is 1.56. The third-order valence-electron chi connectivity index (χ3n) is 3.76. The minimum absolute atomic E-state index is 0.406. The molecule has 0 aliphatic carbocycles. The largest absolute Gasteiger partial charge is 0.340 e. The topological polar surface area (TPSA) is 66.4 Å². The third-order valence-corrected chi connectivity index (χ3v) is 4.99. The first kappa shape index (κ1) is 11.9. The number of anilines is 1. The molecule has 98 valence electrons. The van der Waals surface area contributed by atoms with Crippen LogP contribution >= 0.6 is 0 Å². The second-order valence-electron chi connectivity index (χ2n) is 5.05. The SMILES string of the molecule is CS(=O)(=O)N1C[C@H]2CN(c3ncccn3)C[C@H]2C1. The van der Waals surface area contributed by atoms with E-state index in [0.717, 1.165) is 19.0 Å². The Kier molecular flexibility index (Phi) is 2.74. The van der Waals surface area contributed by atoms with E-state index < -0.39 is 10.0 Å². The van der Waals surface area contributed by atoms with Crippen LogP contribution in [0.4, 0.5) is 5.95 Å². The minimum atomic E-state index is -3.04. The molecule has 6 nitrogen and oxygen atoms in total. The van der Waals surface area contributed by atoms with Gasteiger partial charge in [-0.05, 0) is 17.9 Å². The van der Waals surface area contributed by atoms with Crippen LogP contribution in [0.3, 0.4) is 0 Å². The van der Waals surface area contributed by atoms with E-state index in [1.165, 1.54) is 6.26 Å². The molecule has 1 aromatic rings. The van der Waals surface area contributed by atoms with Gasteiger partial charge in [0.15, 0.2) is 0 Å². The van der Waals surface area contributed by atoms with Crippen LogP contribution in [0.1, 0.15) is 0 Å². The molecule has 0 spiro atoms. The molecule has 2 aliphatic rings. The average molecular weight is 268 g/mol. The second-order valence-corrected chi connectivity index (χ2v) is 7.04. The molecule has 0 saturated carbocycles. The predicted octanol–water partition coefficient (Wildman–Crippen LogP) is -0.196. The molecule has 0 unspecified atom stereocenters. The molecular formula is C11H16N4O2S. The number of hydrogen-bond donors (Lipinski definition) is 0. The highest BCUT2D eigenvalue weighted by atomic mass is 32.2. The number of sulfonamides is 1. The molecule has 2 fully saturated rings. The van der Waals surface area contributed by atoms with Crippen molar-refractivity contribution in [2.24, 2.45) is 11.8 Å². The number of hydrogen-bond acceptors (Lipinski definition) is 5. The Morgan fingerprint density at radius 2 is 1.67 bits per heavy atom. The first-order valence-corrected chi connectivity index (χ1v) is 7.86. The summed E-state index contributed by atoms with van der Waals surface area (Å²) in [6.45, 7) is 2.96. The minimum Gasteiger partial charge on any atom is -0.340 e. The molecule has 2 saturated heterocycles. The van der Waals surface area contributed by atoms with Crippen molar-refractivity contribution in [3.63, 3.8) is 0 Å². The molecule has 0 bridgehead atoms. The fraction of sp³-hybridized carbons (Fsp3) is 0.636. The van der Waals surface area contributed by atoms with Crippen LogP contribution in [0.5, 0.6) is 0 Å². The summed E-state index contributed by atoms with van der Waals surface area (Å²) in [6, 6.07) is 1.80. The van der Waals surface area contributed by atoms with Gasteiger partial charge in [-0.2, -0.15) is 0 Å². The summed E-state index contributed by atoms with van der Waals surface area (Å²) in [5.41, 5.74) is 0. The van der Waals surface area contributed by atoms with Crippen molar-refractivity contribution >= 4 is 16.0 Å². The maximum Gasteiger partial charge on any atom is 0.225 e. The van der Waals surface area contributed by atoms with Crippen LogP contribution in [0.25, 0.3) is 0 Å². The number of aromatic nitrogens is 2. The lowest BCUT2D eigenvalue weighted by Gasteiger charge is -2.19. The molecule has 3 heterocycles. The average Bonchev–Trinajstić information content (AvgIpc) is 2.86. The zero-order valence-electron chi connectivity index (χ0n) is 10.2. The van der Waals surface area contributed by atoms with Gasteiger partial charge in [0.1, 0.15) is 0 Å². The summed E-state index contributed by atoms with van der Waals surface area (Å²) < 4.78 is 24.6. The van der Waals surface area contributed by atoms with E-state index in [-0.39, 0.29) is 0 Å². The Hall–Kier alpha value is -1.21. The zero-order valence-corrected chi connectivity index (χ0v) is 11.0. The Labute approximate surface area is 107 Å². The maximum atomic E-state index is 11.5. The Morgan fingerprint density at radius 3 is 2.17 bits per heavy atom. The van der Waals surface area contributed by atoms with Crippen LogP contribution in [-0.4, -0.2) is 55.1 Å². The van der Waals surface area contributed by atoms with Crippen LogP contribution < -0.4 is 4.90 Å². The normalized spacial score (nSPS) is 28.6. The Morgan fingerprint density at radius 1 is 1.11 bits per heavy atom. The van der Waals surface area contributed by atoms with Gasteiger partial charge in [-0.25, -0.2) is 22.7 Å². The Balaban J connectivity index is 1.70. The van der Waals surface area contributed by atoms with Crippen molar-refractivity contribution in [3.05, 3.63) is 18.5 Å². The van der Waals surface area contributed by atoms with E-state index in [4.69, 9.17) is 0 Å². The van der Waals surface area contributed by atoms with Crippen molar-refractivity contribution in [1.82, 2.24) is 14.3 Å². The molecule has 0 N–H and O–H groups in total. The monoisotopic (exact) mass is 268 g/mol. The molecule has 0 aromatic carbocycles. The van der Waals surface area contributed by atoms with Gasteiger partial charge in [0.2, 0.25) is 16.0 Å². The van der Waals surface area contributed by atoms with Gasteiger partial charge in [-0.1, -0.05) is 0 Å². The van der Waals surface area contributed by atoms with Crippen molar-refractivity contribution in [2.45, 2.75) is 0 Å². The van der Waals surface area contributed by atoms with Crippen molar-refractivity contribution in [1.29, 1.82) is 0 Å². The number of fused-ring (bicyclic) bond motifs is 1. The summed E-state index contributed by atoms with van der Waals surface area (Å²) in [6.07, 6.45) is 4.75. The van der Waals surface area contributed by atoms with Gasteiger partial charge in [-0.15, -0.1) is 0 Å². The van der Waals surface area contributed by atoms with Crippen molar-refractivity contribution < 1.29 is 8.42 Å². The van der Waals surface area contributed by atoms with Crippen LogP contribution in [0, 0.1) is 11.8 Å². The molecule has 2 atom stereocenters. The fourth-order valence-corrected chi connectivity index (χ4v) is 3.76. The van der Waals surface area contributed by atoms with E-state index in [9.17, 15) is 8.42 Å². The highest BCUT2D eigenvalue weighted by molar-refractivity contribution is 7.88. The molecule has 0 radical (unpaired) electrons. The van der Waals surface area contributed by atoms with Gasteiger partial charge in [0, 0.05) is 38.6 Å². The maximum absolute atomic E-state index is 11.5. The molecule has 2 aliphatic heterocycles. The van der Waals surface area contributed by atoms with Crippen LogP contribution in [0.2, 0.25) is 0 Å². The van der Waals surface area contributed by atoms with Gasteiger partial charge in [-0.3, -0.25) is 0 Å². The first-order valence-electron chi connectivity index (χ1n) is 6.01. The number of nitrogens with zero attached hydrogens (tertiary/aromatic N) is 4. The summed E-state index contributed by atoms with van der Waals surface area (Å²) >= 11 is 0. The standard InChI is InChI=1S/C11H16N4O2S/c1-18(16,17)15-7-9-5-14(6-10(9)8-15)11-12-3-2-4-13-11/h2-4,9-10H,5-8H2,1H3/t9-,10+. The quantitative estimate of drug-likeness (QED) is 0.743. The van der Waals surface area contributed by atoms with E-state index in [1.807, 2.05) is 0 Å². The highest BCUT2D eigenvalue weighted by Gasteiger charge is 2.43. The van der Waals surface area contributed by atoms with E-state index in [0.29, 0.717) is 24.9 Å². The third kappa shape index (κ3) is 2.08. The Bertz CT molecular complexity index is 519. The van der Waals surface area contributed by atoms with E-state index in [2.05, 4.69) is 14.9 Å². The lowest BCUT2D eigenvalue weighted by molar-refractivity contribution is 0.457. The zero-order chi connectivity index (χ0) is 12.8. The van der Waals surface area contributed by atoms with E-state index in [1.54, 1.807) is 22.8 Å². The highest BCUT2D eigenvalue weighted by Crippen LogP contribution is 2.33. The summed E-state index contributed by atoms with van der Waals surface area (Å²) in [7, 11) is -3.04. The molecule has 0 amide bonds. The second kappa shape index (κ2) is 4.17. The van der Waals surface area contributed by atoms with Gasteiger partial charge in [0.05, 0.1) is 6.26 Å². The van der Waals surface area contributed by atoms with E-state index >= 15 is 0 Å². The smallest absolute Gasteiger partial charge is 0.225 e. The van der Waals surface area contributed by atoms with Gasteiger partial charge >= 0.3 is 0 Å². The summed E-state index contributed by atoms with van der Waals surface area (Å²) in [4.78, 5) is 10.6. The predicted molar refractivity (Wildman–Crippen MR) is 67.6 cm³/mol. The number of rotatable bonds is 2.